The molecule has 0 radical (unpaired) electrons. The molecule has 3 nitrogen and oxygen atoms in total. The van der Waals surface area contributed by atoms with Crippen molar-refractivity contribution in [2.75, 3.05) is 13.1 Å². The monoisotopic (exact) mass is 344 g/mol. The highest BCUT2D eigenvalue weighted by atomic mass is 19.1. The normalized spacial score (nSPS) is 15.1. The van der Waals surface area contributed by atoms with Gasteiger partial charge in [0.2, 0.25) is 5.91 Å². The highest BCUT2D eigenvalue weighted by Crippen LogP contribution is 2.18. The summed E-state index contributed by atoms with van der Waals surface area (Å²) < 4.78 is 26.2. The molecule has 25 heavy (non-hydrogen) atoms. The van der Waals surface area contributed by atoms with Gasteiger partial charge in [-0.3, -0.25) is 4.79 Å². The van der Waals surface area contributed by atoms with E-state index in [1.54, 1.807) is 24.3 Å². The van der Waals surface area contributed by atoms with Crippen LogP contribution in [0.3, 0.4) is 0 Å². The Morgan fingerprint density at radius 3 is 2.00 bits per heavy atom. The number of nitrogens with one attached hydrogen (secondary N) is 1. The average molecular weight is 344 g/mol. The number of hydrogen-bond donors (Lipinski definition) is 1. The zero-order chi connectivity index (χ0) is 17.6. The second-order valence-corrected chi connectivity index (χ2v) is 6.43. The van der Waals surface area contributed by atoms with E-state index in [0.717, 1.165) is 37.1 Å². The van der Waals surface area contributed by atoms with E-state index in [9.17, 15) is 13.6 Å². The minimum absolute atomic E-state index is 0.0165. The molecule has 1 amide bonds. The van der Waals surface area contributed by atoms with Crippen LogP contribution in [0.15, 0.2) is 48.5 Å². The smallest absolute Gasteiger partial charge is 0.227 e. The van der Waals surface area contributed by atoms with E-state index in [-0.39, 0.29) is 30.0 Å². The number of halogens is 2. The molecule has 5 heteroatoms. The Kier molecular flexibility index (Phi) is 5.76. The van der Waals surface area contributed by atoms with Crippen molar-refractivity contribution in [3.8, 4) is 0 Å². The van der Waals surface area contributed by atoms with Gasteiger partial charge in [0.05, 0.1) is 6.42 Å². The van der Waals surface area contributed by atoms with Crippen molar-refractivity contribution in [2.24, 2.45) is 0 Å². The van der Waals surface area contributed by atoms with Crippen molar-refractivity contribution in [3.63, 3.8) is 0 Å². The number of carbonyl (C=O) groups is 1. The molecule has 0 saturated carbocycles. The molecule has 0 aromatic heterocycles. The number of nitrogens with zero attached hydrogens (tertiary/aromatic N) is 1. The fourth-order valence-electron chi connectivity index (χ4n) is 3.20. The van der Waals surface area contributed by atoms with Gasteiger partial charge >= 0.3 is 0 Å². The number of amides is 1. The average Bonchev–Trinajstić information content (AvgIpc) is 2.64. The van der Waals surface area contributed by atoms with Crippen molar-refractivity contribution >= 4 is 5.91 Å². The third kappa shape index (κ3) is 4.86. The first kappa shape index (κ1) is 17.5. The first-order chi connectivity index (χ1) is 12.1. The lowest BCUT2D eigenvalue weighted by Gasteiger charge is -2.35. The first-order valence-corrected chi connectivity index (χ1v) is 8.61. The van der Waals surface area contributed by atoms with Gasteiger partial charge in [-0.05, 0) is 61.3 Å². The molecule has 0 aliphatic carbocycles. The zero-order valence-corrected chi connectivity index (χ0v) is 14.1. The van der Waals surface area contributed by atoms with E-state index in [1.807, 2.05) is 4.90 Å². The summed E-state index contributed by atoms with van der Waals surface area (Å²) in [5, 5.41) is 3.31. The van der Waals surface area contributed by atoms with Gasteiger partial charge in [-0.1, -0.05) is 24.3 Å². The lowest BCUT2D eigenvalue weighted by Crippen LogP contribution is -2.46. The Balaban J connectivity index is 1.75. The lowest BCUT2D eigenvalue weighted by molar-refractivity contribution is -0.134. The van der Waals surface area contributed by atoms with Crippen LogP contribution in [0.1, 0.15) is 24.0 Å². The SMILES string of the molecule is O=C(Cc1ccc(F)cc1)N(Cc1ccc(F)cc1)C1CCNCC1. The summed E-state index contributed by atoms with van der Waals surface area (Å²) >= 11 is 0. The minimum atomic E-state index is -0.308. The maximum Gasteiger partial charge on any atom is 0.227 e. The molecule has 2 aromatic rings. The first-order valence-electron chi connectivity index (χ1n) is 8.61. The fraction of sp³-hybridized carbons (Fsp3) is 0.350. The van der Waals surface area contributed by atoms with Gasteiger partial charge < -0.3 is 10.2 Å². The van der Waals surface area contributed by atoms with Crippen LogP contribution < -0.4 is 5.32 Å². The van der Waals surface area contributed by atoms with Crippen molar-refractivity contribution in [3.05, 3.63) is 71.3 Å². The second kappa shape index (κ2) is 8.21. The van der Waals surface area contributed by atoms with Crippen molar-refractivity contribution in [1.82, 2.24) is 10.2 Å². The van der Waals surface area contributed by atoms with Gasteiger partial charge in [0, 0.05) is 12.6 Å². The summed E-state index contributed by atoms with van der Waals surface area (Å²) in [6.07, 6.45) is 2.04. The molecule has 2 aromatic carbocycles. The molecule has 0 spiro atoms. The molecular weight excluding hydrogens is 322 g/mol. The van der Waals surface area contributed by atoms with Crippen molar-refractivity contribution < 1.29 is 13.6 Å². The standard InChI is InChI=1S/C20H22F2N2O/c21-17-5-1-15(2-6-17)13-20(25)24(19-9-11-23-12-10-19)14-16-3-7-18(22)8-4-16/h1-8,19,23H,9-14H2. The number of benzene rings is 2. The van der Waals surface area contributed by atoms with Crippen LogP contribution in [0.4, 0.5) is 8.78 Å². The van der Waals surface area contributed by atoms with Crippen LogP contribution in [0.25, 0.3) is 0 Å². The Bertz CT molecular complexity index is 695. The predicted molar refractivity (Wildman–Crippen MR) is 92.9 cm³/mol. The Morgan fingerprint density at radius 2 is 1.44 bits per heavy atom. The summed E-state index contributed by atoms with van der Waals surface area (Å²) in [6, 6.07) is 12.5. The van der Waals surface area contributed by atoms with Crippen LogP contribution in [-0.2, 0) is 17.8 Å². The fourth-order valence-corrected chi connectivity index (χ4v) is 3.20. The highest BCUT2D eigenvalue weighted by Gasteiger charge is 2.25. The maximum absolute atomic E-state index is 13.1. The molecule has 1 N–H and O–H groups in total. The highest BCUT2D eigenvalue weighted by molar-refractivity contribution is 5.79. The maximum atomic E-state index is 13.1. The molecule has 1 fully saturated rings. The van der Waals surface area contributed by atoms with Gasteiger partial charge in [-0.15, -0.1) is 0 Å². The number of piperidine rings is 1. The molecule has 1 aliphatic heterocycles. The van der Waals surface area contributed by atoms with Crippen molar-refractivity contribution in [1.29, 1.82) is 0 Å². The van der Waals surface area contributed by atoms with E-state index in [2.05, 4.69) is 5.32 Å². The Morgan fingerprint density at radius 1 is 0.920 bits per heavy atom. The van der Waals surface area contributed by atoms with E-state index >= 15 is 0 Å². The summed E-state index contributed by atoms with van der Waals surface area (Å²) in [5.74, 6) is -0.574. The number of carbonyl (C=O) groups excluding carboxylic acids is 1. The molecular formula is C20H22F2N2O. The van der Waals surface area contributed by atoms with Crippen molar-refractivity contribution in [2.45, 2.75) is 31.8 Å². The molecule has 3 rings (SSSR count). The zero-order valence-electron chi connectivity index (χ0n) is 14.1. The van der Waals surface area contributed by atoms with Gasteiger partial charge in [-0.25, -0.2) is 8.78 Å². The van der Waals surface area contributed by atoms with Crippen LogP contribution in [0, 0.1) is 11.6 Å². The molecule has 132 valence electrons. The second-order valence-electron chi connectivity index (χ2n) is 6.43. The van der Waals surface area contributed by atoms with Gasteiger partial charge in [0.25, 0.3) is 0 Å². The lowest BCUT2D eigenvalue weighted by atomic mass is 10.0. The largest absolute Gasteiger partial charge is 0.335 e. The topological polar surface area (TPSA) is 32.3 Å². The quantitative estimate of drug-likeness (QED) is 0.903. The summed E-state index contributed by atoms with van der Waals surface area (Å²) in [6.45, 7) is 2.23. The van der Waals surface area contributed by atoms with E-state index in [4.69, 9.17) is 0 Å². The Labute approximate surface area is 146 Å². The number of hydrogen-bond acceptors (Lipinski definition) is 2. The van der Waals surface area contributed by atoms with Crippen LogP contribution in [0.5, 0.6) is 0 Å². The third-order valence-corrected chi connectivity index (χ3v) is 4.60. The summed E-state index contributed by atoms with van der Waals surface area (Å²) in [7, 11) is 0. The van der Waals surface area contributed by atoms with Gasteiger partial charge in [-0.2, -0.15) is 0 Å². The molecule has 1 saturated heterocycles. The van der Waals surface area contributed by atoms with Gasteiger partial charge in [0.15, 0.2) is 0 Å². The van der Waals surface area contributed by atoms with E-state index in [1.165, 1.54) is 24.3 Å². The third-order valence-electron chi connectivity index (χ3n) is 4.60. The van der Waals surface area contributed by atoms with Crippen LogP contribution in [0.2, 0.25) is 0 Å². The summed E-state index contributed by atoms with van der Waals surface area (Å²) in [5.41, 5.74) is 1.71. The number of rotatable bonds is 5. The van der Waals surface area contributed by atoms with Crippen LogP contribution in [-0.4, -0.2) is 29.9 Å². The molecule has 0 unspecified atom stereocenters. The predicted octanol–water partition coefficient (Wildman–Crippen LogP) is 3.29. The van der Waals surface area contributed by atoms with Crippen LogP contribution >= 0.6 is 0 Å². The molecule has 0 bridgehead atoms. The summed E-state index contributed by atoms with van der Waals surface area (Å²) in [4.78, 5) is 14.8. The molecule has 1 heterocycles. The van der Waals surface area contributed by atoms with E-state index in [0.29, 0.717) is 6.54 Å². The minimum Gasteiger partial charge on any atom is -0.335 e. The molecule has 1 aliphatic rings. The van der Waals surface area contributed by atoms with Gasteiger partial charge in [0.1, 0.15) is 11.6 Å². The molecule has 0 atom stereocenters. The van der Waals surface area contributed by atoms with E-state index < -0.39 is 0 Å². The Hall–Kier alpha value is -2.27.